The fraction of sp³-hybridized carbons (Fsp3) is 0.429. The number of fused-ring (bicyclic) bond motifs is 1. The van der Waals surface area contributed by atoms with Crippen molar-refractivity contribution in [3.8, 4) is 5.88 Å². The van der Waals surface area contributed by atoms with Gasteiger partial charge in [-0.15, -0.1) is 0 Å². The lowest BCUT2D eigenvalue weighted by atomic mass is 10.2. The quantitative estimate of drug-likeness (QED) is 0.332. The summed E-state index contributed by atoms with van der Waals surface area (Å²) in [6.45, 7) is 7.01. The number of hydrogen-bond acceptors (Lipinski definition) is 10. The predicted octanol–water partition coefficient (Wildman–Crippen LogP) is 3.59. The molecule has 0 saturated heterocycles. The maximum Gasteiger partial charge on any atom is 0.415 e. The Kier molecular flexibility index (Phi) is 7.73. The average Bonchev–Trinajstić information content (AvgIpc) is 3.68. The first-order valence-corrected chi connectivity index (χ1v) is 13.5. The van der Waals surface area contributed by atoms with E-state index in [1.54, 1.807) is 59.2 Å². The molecule has 4 aromatic heterocycles. The highest BCUT2D eigenvalue weighted by atomic mass is 16.6. The van der Waals surface area contributed by atoms with Crippen molar-refractivity contribution in [3.63, 3.8) is 0 Å². The number of nitrogens with zero attached hydrogens (tertiary/aromatic N) is 6. The molecule has 0 radical (unpaired) electrons. The van der Waals surface area contributed by atoms with Crippen LogP contribution in [0.4, 0.5) is 22.1 Å². The van der Waals surface area contributed by atoms with Crippen LogP contribution in [0.3, 0.4) is 0 Å². The van der Waals surface area contributed by atoms with E-state index < -0.39 is 17.3 Å². The van der Waals surface area contributed by atoms with Crippen LogP contribution in [0.1, 0.15) is 56.1 Å². The molecule has 2 atom stereocenters. The van der Waals surface area contributed by atoms with Crippen molar-refractivity contribution in [2.75, 3.05) is 24.4 Å². The van der Waals surface area contributed by atoms with Gasteiger partial charge in [-0.05, 0) is 59.1 Å². The molecule has 14 nitrogen and oxygen atoms in total. The van der Waals surface area contributed by atoms with E-state index in [0.717, 1.165) is 12.8 Å². The number of amides is 2. The zero-order valence-corrected chi connectivity index (χ0v) is 24.4. The number of methoxy groups -OCH3 is 1. The second kappa shape index (κ2) is 11.3. The Hall–Kier alpha value is -4.72. The van der Waals surface area contributed by atoms with Gasteiger partial charge in [0.15, 0.2) is 12.0 Å². The number of pyridine rings is 1. The molecule has 222 valence electrons. The molecule has 1 fully saturated rings. The normalized spacial score (nSPS) is 16.9. The molecule has 1 aliphatic rings. The fourth-order valence-electron chi connectivity index (χ4n) is 4.80. The summed E-state index contributed by atoms with van der Waals surface area (Å²) < 4.78 is 19.1. The van der Waals surface area contributed by atoms with Crippen molar-refractivity contribution >= 4 is 35.0 Å². The van der Waals surface area contributed by atoms with E-state index in [2.05, 4.69) is 25.7 Å². The molecule has 2 N–H and O–H groups in total. The van der Waals surface area contributed by atoms with Crippen LogP contribution in [-0.2, 0) is 9.47 Å². The second-order valence-electron chi connectivity index (χ2n) is 11.1. The monoisotopic (exact) mass is 578 g/mol. The van der Waals surface area contributed by atoms with Gasteiger partial charge in [-0.1, -0.05) is 0 Å². The standard InChI is InChI=1S/C28H34N8O6/c1-16-26(41-15-29-16)35-11-7-8-20(25(35)38)32-21-13-22(34(5)27(39)42-28(2,3)4)36-23(33-21)19(14-30-36)24(37)31-17-9-10-18(12-17)40-6/h7-8,11,13-15,17-18H,9-10,12H2,1-6H3,(H,31,37)(H,32,33)/t17-,18-/m1/s1. The second-order valence-corrected chi connectivity index (χ2v) is 11.1. The van der Waals surface area contributed by atoms with Crippen LogP contribution < -0.4 is 21.1 Å². The van der Waals surface area contributed by atoms with Gasteiger partial charge in [0, 0.05) is 32.5 Å². The van der Waals surface area contributed by atoms with E-state index >= 15 is 0 Å². The van der Waals surface area contributed by atoms with Gasteiger partial charge in [0.25, 0.3) is 11.5 Å². The van der Waals surface area contributed by atoms with Gasteiger partial charge in [0.1, 0.15) is 34.2 Å². The zero-order valence-electron chi connectivity index (χ0n) is 24.4. The molecule has 42 heavy (non-hydrogen) atoms. The SMILES string of the molecule is CO[C@@H]1CC[C@@H](NC(=O)c2cnn3c(N(C)C(=O)OC(C)(C)C)cc(Nc4cccn(-c5ocnc5C)c4=O)nc23)C1. The smallest absolute Gasteiger partial charge is 0.415 e. The highest BCUT2D eigenvalue weighted by Gasteiger charge is 2.29. The molecule has 0 bridgehead atoms. The van der Waals surface area contributed by atoms with Crippen LogP contribution in [0, 0.1) is 6.92 Å². The van der Waals surface area contributed by atoms with Crippen LogP contribution in [0.25, 0.3) is 11.5 Å². The zero-order chi connectivity index (χ0) is 30.2. The number of anilines is 3. The maximum atomic E-state index is 13.4. The molecule has 0 unspecified atom stereocenters. The van der Waals surface area contributed by atoms with Crippen LogP contribution in [-0.4, -0.2) is 68.1 Å². The molecule has 0 spiro atoms. The minimum Gasteiger partial charge on any atom is -0.443 e. The maximum absolute atomic E-state index is 13.4. The summed E-state index contributed by atoms with van der Waals surface area (Å²) in [4.78, 5) is 49.7. The first kappa shape index (κ1) is 28.8. The fourth-order valence-corrected chi connectivity index (χ4v) is 4.80. The van der Waals surface area contributed by atoms with E-state index in [1.165, 1.54) is 33.6 Å². The van der Waals surface area contributed by atoms with Crippen LogP contribution in [0.15, 0.2) is 46.2 Å². The summed E-state index contributed by atoms with van der Waals surface area (Å²) in [5, 5.41) is 10.5. The molecule has 4 aromatic rings. The van der Waals surface area contributed by atoms with Gasteiger partial charge in [0.05, 0.1) is 12.3 Å². The Balaban J connectivity index is 1.55. The average molecular weight is 579 g/mol. The Morgan fingerprint density at radius 2 is 2.02 bits per heavy atom. The van der Waals surface area contributed by atoms with Crippen molar-refractivity contribution in [3.05, 3.63) is 58.6 Å². The molecular weight excluding hydrogens is 544 g/mol. The third-order valence-electron chi connectivity index (χ3n) is 6.91. The predicted molar refractivity (Wildman–Crippen MR) is 154 cm³/mol. The van der Waals surface area contributed by atoms with Crippen LogP contribution in [0.2, 0.25) is 0 Å². The Labute approximate surface area is 241 Å². The van der Waals surface area contributed by atoms with Gasteiger partial charge < -0.3 is 24.5 Å². The summed E-state index contributed by atoms with van der Waals surface area (Å²) in [6.07, 6.45) is 6.04. The number of ether oxygens (including phenoxy) is 2. The van der Waals surface area contributed by atoms with Crippen molar-refractivity contribution in [2.45, 2.75) is 64.7 Å². The summed E-state index contributed by atoms with van der Waals surface area (Å²) >= 11 is 0. The number of carbonyl (C=O) groups excluding carboxylic acids is 2. The molecule has 14 heteroatoms. The molecule has 1 saturated carbocycles. The Bertz CT molecular complexity index is 1680. The van der Waals surface area contributed by atoms with E-state index in [1.807, 2.05) is 0 Å². The Morgan fingerprint density at radius 1 is 1.24 bits per heavy atom. The minimum absolute atomic E-state index is 0.0510. The third-order valence-corrected chi connectivity index (χ3v) is 6.91. The van der Waals surface area contributed by atoms with Gasteiger partial charge in [-0.25, -0.2) is 14.8 Å². The number of aryl methyl sites for hydroxylation is 1. The molecule has 0 aliphatic heterocycles. The number of rotatable bonds is 7. The highest BCUT2D eigenvalue weighted by molar-refractivity contribution is 6.00. The summed E-state index contributed by atoms with van der Waals surface area (Å²) in [6, 6.07) is 4.75. The van der Waals surface area contributed by atoms with Crippen molar-refractivity contribution in [1.82, 2.24) is 29.5 Å². The highest BCUT2D eigenvalue weighted by Crippen LogP contribution is 2.26. The first-order chi connectivity index (χ1) is 19.9. The molecular formula is C28H34N8O6. The van der Waals surface area contributed by atoms with Crippen LogP contribution >= 0.6 is 0 Å². The molecule has 1 aliphatic carbocycles. The van der Waals surface area contributed by atoms with Crippen LogP contribution in [0.5, 0.6) is 0 Å². The number of hydrogen-bond donors (Lipinski definition) is 2. The van der Waals surface area contributed by atoms with E-state index in [-0.39, 0.29) is 52.5 Å². The molecule has 0 aromatic carbocycles. The Morgan fingerprint density at radius 3 is 2.69 bits per heavy atom. The number of carbonyl (C=O) groups is 2. The molecule has 4 heterocycles. The van der Waals surface area contributed by atoms with E-state index in [9.17, 15) is 14.4 Å². The lowest BCUT2D eigenvalue weighted by molar-refractivity contribution is 0.0587. The van der Waals surface area contributed by atoms with Crippen molar-refractivity contribution in [1.29, 1.82) is 0 Å². The van der Waals surface area contributed by atoms with E-state index in [4.69, 9.17) is 13.9 Å². The topological polar surface area (TPSA) is 158 Å². The summed E-state index contributed by atoms with van der Waals surface area (Å²) in [5.74, 6) is 0.394. The van der Waals surface area contributed by atoms with Gasteiger partial charge in [-0.2, -0.15) is 9.61 Å². The lowest BCUT2D eigenvalue weighted by Crippen LogP contribution is -2.35. The number of nitrogens with one attached hydrogen (secondary N) is 2. The van der Waals surface area contributed by atoms with Gasteiger partial charge in [-0.3, -0.25) is 19.1 Å². The molecule has 2 amide bonds. The minimum atomic E-state index is -0.747. The number of aromatic nitrogens is 5. The van der Waals surface area contributed by atoms with Gasteiger partial charge in [0.2, 0.25) is 5.88 Å². The third kappa shape index (κ3) is 5.84. The van der Waals surface area contributed by atoms with Crippen molar-refractivity contribution < 1.29 is 23.5 Å². The van der Waals surface area contributed by atoms with E-state index in [0.29, 0.717) is 12.1 Å². The lowest BCUT2D eigenvalue weighted by Gasteiger charge is -2.25. The molecule has 5 rings (SSSR count). The summed E-state index contributed by atoms with van der Waals surface area (Å²) in [7, 11) is 3.19. The van der Waals surface area contributed by atoms with Crippen molar-refractivity contribution in [2.24, 2.45) is 0 Å². The summed E-state index contributed by atoms with van der Waals surface area (Å²) in [5.41, 5.74) is -0.0421. The first-order valence-electron chi connectivity index (χ1n) is 13.5. The largest absolute Gasteiger partial charge is 0.443 e. The number of oxazole rings is 1. The van der Waals surface area contributed by atoms with Gasteiger partial charge >= 0.3 is 6.09 Å².